The van der Waals surface area contributed by atoms with Gasteiger partial charge in [-0.05, 0) is 23.0 Å². The Kier molecular flexibility index (Phi) is 6.47. The summed E-state index contributed by atoms with van der Waals surface area (Å²) in [5.41, 5.74) is 2.61. The molecular weight excluding hydrogens is 200 g/mol. The first-order chi connectivity index (χ1) is 7.57. The quantitative estimate of drug-likeness (QED) is 0.778. The highest BCUT2D eigenvalue weighted by Crippen LogP contribution is 2.33. The van der Waals surface area contributed by atoms with Gasteiger partial charge in [0.05, 0.1) is 7.11 Å². The second kappa shape index (κ2) is 7.04. The fraction of sp³-hybridized carbons (Fsp3) is 0.500. The van der Waals surface area contributed by atoms with Gasteiger partial charge >= 0.3 is 0 Å². The molecule has 0 fully saturated rings. The van der Waals surface area contributed by atoms with E-state index < -0.39 is 0 Å². The summed E-state index contributed by atoms with van der Waals surface area (Å²) < 4.78 is 5.50. The number of rotatable bonds is 3. The number of benzene rings is 1. The molecule has 16 heavy (non-hydrogen) atoms. The minimum atomic E-state index is 0.517. The van der Waals surface area contributed by atoms with E-state index in [1.54, 1.807) is 7.11 Å². The largest absolute Gasteiger partial charge is 0.496 e. The summed E-state index contributed by atoms with van der Waals surface area (Å²) in [5.74, 6) is 2.10. The van der Waals surface area contributed by atoms with E-state index in [1.165, 1.54) is 11.1 Å². The Morgan fingerprint density at radius 2 is 1.38 bits per heavy atom. The molecule has 1 aromatic carbocycles. The van der Waals surface area contributed by atoms with E-state index in [0.29, 0.717) is 11.8 Å². The molecule has 0 amide bonds. The molecule has 2 heteroatoms. The zero-order valence-electron chi connectivity index (χ0n) is 10.9. The van der Waals surface area contributed by atoms with Crippen LogP contribution in [0.4, 0.5) is 0 Å². The third-order valence-electron chi connectivity index (χ3n) is 2.52. The molecule has 0 saturated carbocycles. The van der Waals surface area contributed by atoms with Gasteiger partial charge in [0.1, 0.15) is 12.5 Å². The lowest BCUT2D eigenvalue weighted by atomic mass is 9.94. The first-order valence-corrected chi connectivity index (χ1v) is 5.53. The molecule has 0 aliphatic heterocycles. The molecule has 0 aliphatic rings. The average Bonchev–Trinajstić information content (AvgIpc) is 2.30. The third-order valence-corrected chi connectivity index (χ3v) is 2.52. The Labute approximate surface area is 98.6 Å². The topological polar surface area (TPSA) is 26.3 Å². The lowest BCUT2D eigenvalue weighted by molar-refractivity contribution is -0.0979. The van der Waals surface area contributed by atoms with Crippen molar-refractivity contribution in [2.24, 2.45) is 0 Å². The molecule has 1 aromatic rings. The second-order valence-electron chi connectivity index (χ2n) is 4.28. The van der Waals surface area contributed by atoms with Crippen molar-refractivity contribution in [1.29, 1.82) is 0 Å². The van der Waals surface area contributed by atoms with Gasteiger partial charge in [0.25, 0.3) is 0 Å². The molecule has 1 rings (SSSR count). The maximum atomic E-state index is 8.00. The van der Waals surface area contributed by atoms with Crippen LogP contribution >= 0.6 is 0 Å². The minimum Gasteiger partial charge on any atom is -0.496 e. The van der Waals surface area contributed by atoms with E-state index in [1.807, 2.05) is 6.79 Å². The highest BCUT2D eigenvalue weighted by Gasteiger charge is 2.13. The number of hydrogen-bond donors (Lipinski definition) is 0. The summed E-state index contributed by atoms with van der Waals surface area (Å²) >= 11 is 0. The fourth-order valence-electron chi connectivity index (χ4n) is 1.72. The van der Waals surface area contributed by atoms with E-state index in [9.17, 15) is 0 Å². The van der Waals surface area contributed by atoms with Crippen LogP contribution in [0.3, 0.4) is 0 Å². The molecule has 90 valence electrons. The van der Waals surface area contributed by atoms with E-state index in [0.717, 1.165) is 5.75 Å². The number of carbonyl (C=O) groups is 1. The van der Waals surface area contributed by atoms with Gasteiger partial charge in [-0.3, -0.25) is 0 Å². The van der Waals surface area contributed by atoms with Gasteiger partial charge in [0, 0.05) is 0 Å². The summed E-state index contributed by atoms with van der Waals surface area (Å²) in [6.07, 6.45) is 0. The van der Waals surface area contributed by atoms with Gasteiger partial charge in [-0.2, -0.15) is 0 Å². The zero-order chi connectivity index (χ0) is 12.7. The lowest BCUT2D eigenvalue weighted by Gasteiger charge is -2.17. The lowest BCUT2D eigenvalue weighted by Crippen LogP contribution is -2.00. The number of ether oxygens (including phenoxy) is 1. The van der Waals surface area contributed by atoms with Crippen LogP contribution in [0.15, 0.2) is 18.2 Å². The first-order valence-electron chi connectivity index (χ1n) is 5.53. The molecular formula is C14H22O2. The molecule has 0 saturated heterocycles. The monoisotopic (exact) mass is 222 g/mol. The number of methoxy groups -OCH3 is 1. The van der Waals surface area contributed by atoms with Crippen molar-refractivity contribution in [3.63, 3.8) is 0 Å². The van der Waals surface area contributed by atoms with Gasteiger partial charge in [-0.25, -0.2) is 0 Å². The van der Waals surface area contributed by atoms with Gasteiger partial charge < -0.3 is 9.53 Å². The van der Waals surface area contributed by atoms with E-state index in [-0.39, 0.29) is 0 Å². The van der Waals surface area contributed by atoms with Crippen molar-refractivity contribution in [2.45, 2.75) is 39.5 Å². The van der Waals surface area contributed by atoms with E-state index in [4.69, 9.17) is 9.53 Å². The van der Waals surface area contributed by atoms with Crippen molar-refractivity contribution in [1.82, 2.24) is 0 Å². The van der Waals surface area contributed by atoms with Crippen LogP contribution in [0, 0.1) is 0 Å². The smallest absolute Gasteiger partial charge is 0.125 e. The highest BCUT2D eigenvalue weighted by molar-refractivity contribution is 5.44. The Hall–Kier alpha value is -1.31. The molecule has 0 heterocycles. The first kappa shape index (κ1) is 14.7. The molecule has 0 unspecified atom stereocenters. The van der Waals surface area contributed by atoms with Crippen LogP contribution in [-0.4, -0.2) is 13.9 Å². The molecule has 2 nitrogen and oxygen atoms in total. The molecule has 0 atom stereocenters. The van der Waals surface area contributed by atoms with Gasteiger partial charge in [0.15, 0.2) is 0 Å². The molecule has 0 aromatic heterocycles. The zero-order valence-corrected chi connectivity index (χ0v) is 10.9. The predicted octanol–water partition coefficient (Wildman–Crippen LogP) is 3.76. The van der Waals surface area contributed by atoms with Crippen LogP contribution < -0.4 is 4.74 Å². The summed E-state index contributed by atoms with van der Waals surface area (Å²) in [4.78, 5) is 8.00. The molecule has 0 aliphatic carbocycles. The Balaban J connectivity index is 0.00000106. The maximum absolute atomic E-state index is 8.00. The van der Waals surface area contributed by atoms with Crippen molar-refractivity contribution in [3.05, 3.63) is 29.3 Å². The van der Waals surface area contributed by atoms with E-state index in [2.05, 4.69) is 45.9 Å². The normalized spacial score (nSPS) is 9.94. The Bertz CT molecular complexity index is 290. The predicted molar refractivity (Wildman–Crippen MR) is 68.3 cm³/mol. The van der Waals surface area contributed by atoms with Crippen molar-refractivity contribution in [2.75, 3.05) is 7.11 Å². The number of para-hydroxylation sites is 1. The van der Waals surface area contributed by atoms with Crippen LogP contribution in [0.2, 0.25) is 0 Å². The van der Waals surface area contributed by atoms with E-state index >= 15 is 0 Å². The van der Waals surface area contributed by atoms with Crippen LogP contribution in [0.1, 0.15) is 50.7 Å². The Morgan fingerprint density at radius 3 is 1.62 bits per heavy atom. The summed E-state index contributed by atoms with van der Waals surface area (Å²) in [7, 11) is 1.76. The van der Waals surface area contributed by atoms with Crippen LogP contribution in [0.25, 0.3) is 0 Å². The third kappa shape index (κ3) is 3.37. The molecule has 0 spiro atoms. The summed E-state index contributed by atoms with van der Waals surface area (Å²) in [6.45, 7) is 10.8. The van der Waals surface area contributed by atoms with Crippen molar-refractivity contribution >= 4 is 6.79 Å². The molecule has 0 radical (unpaired) electrons. The standard InChI is InChI=1S/C13H20O.CH2O/c1-9(2)11-7-6-8-12(10(3)4)13(11)14-5;1-2/h6-10H,1-5H3;1H2. The second-order valence-corrected chi connectivity index (χ2v) is 4.28. The van der Waals surface area contributed by atoms with Crippen LogP contribution in [0.5, 0.6) is 5.75 Å². The average molecular weight is 222 g/mol. The molecule has 0 bridgehead atoms. The van der Waals surface area contributed by atoms with Gasteiger partial charge in [-0.15, -0.1) is 0 Å². The fourth-order valence-corrected chi connectivity index (χ4v) is 1.72. The van der Waals surface area contributed by atoms with Crippen LogP contribution in [-0.2, 0) is 4.79 Å². The van der Waals surface area contributed by atoms with Crippen molar-refractivity contribution in [3.8, 4) is 5.75 Å². The van der Waals surface area contributed by atoms with Gasteiger partial charge in [-0.1, -0.05) is 45.9 Å². The number of hydrogen-bond acceptors (Lipinski definition) is 2. The highest BCUT2D eigenvalue weighted by atomic mass is 16.5. The molecule has 0 N–H and O–H groups in total. The van der Waals surface area contributed by atoms with Gasteiger partial charge in [0.2, 0.25) is 0 Å². The summed E-state index contributed by atoms with van der Waals surface area (Å²) in [6, 6.07) is 6.41. The Morgan fingerprint density at radius 1 is 1.00 bits per heavy atom. The SMILES string of the molecule is C=O.COc1c(C(C)C)cccc1C(C)C. The van der Waals surface area contributed by atoms with Crippen molar-refractivity contribution < 1.29 is 9.53 Å². The minimum absolute atomic E-state index is 0.517. The maximum Gasteiger partial charge on any atom is 0.125 e. The number of carbonyl (C=O) groups excluding carboxylic acids is 1. The summed E-state index contributed by atoms with van der Waals surface area (Å²) in [5, 5.41) is 0.